The molecule has 0 radical (unpaired) electrons. The largest absolute Gasteiger partial charge is 0.368 e. The fraction of sp³-hybridized carbons (Fsp3) is 0.588. The summed E-state index contributed by atoms with van der Waals surface area (Å²) in [5, 5.41) is 5.19. The molecular weight excluding hydrogens is 324 g/mol. The Kier molecular flexibility index (Phi) is 4.67. The van der Waals surface area contributed by atoms with E-state index in [-0.39, 0.29) is 5.95 Å². The Balaban J connectivity index is 1.96. The molecule has 3 rings (SSSR count). The van der Waals surface area contributed by atoms with E-state index in [2.05, 4.69) is 35.6 Å². The van der Waals surface area contributed by atoms with E-state index in [1.54, 1.807) is 0 Å². The lowest BCUT2D eigenvalue weighted by atomic mass is 9.99. The highest BCUT2D eigenvalue weighted by Gasteiger charge is 2.33. The van der Waals surface area contributed by atoms with Crippen molar-refractivity contribution in [2.24, 2.45) is 7.05 Å². The molecule has 0 aromatic carbocycles. The van der Waals surface area contributed by atoms with E-state index in [4.69, 9.17) is 22.4 Å². The van der Waals surface area contributed by atoms with Gasteiger partial charge in [0, 0.05) is 30.8 Å². The maximum atomic E-state index is 6.38. The van der Waals surface area contributed by atoms with Crippen LogP contribution in [0.3, 0.4) is 0 Å². The van der Waals surface area contributed by atoms with Gasteiger partial charge in [0.1, 0.15) is 11.0 Å². The summed E-state index contributed by atoms with van der Waals surface area (Å²) in [5.74, 6) is 1.45. The van der Waals surface area contributed by atoms with Crippen LogP contribution in [0.1, 0.15) is 55.1 Å². The molecule has 0 bridgehead atoms. The number of nitrogens with zero attached hydrogens (tertiary/aromatic N) is 5. The summed E-state index contributed by atoms with van der Waals surface area (Å²) in [6, 6.07) is 0. The number of halogens is 1. The number of anilines is 2. The summed E-state index contributed by atoms with van der Waals surface area (Å²) >= 11 is 6.38. The summed E-state index contributed by atoms with van der Waals surface area (Å²) in [7, 11) is 2.00. The van der Waals surface area contributed by atoms with E-state index in [1.165, 1.54) is 11.3 Å². The molecule has 0 amide bonds. The fourth-order valence-electron chi connectivity index (χ4n) is 3.76. The first kappa shape index (κ1) is 17.0. The minimum Gasteiger partial charge on any atom is -0.368 e. The highest BCUT2D eigenvalue weighted by atomic mass is 35.5. The topological polar surface area (TPSA) is 72.9 Å². The molecule has 3 heterocycles. The molecule has 6 nitrogen and oxygen atoms in total. The zero-order valence-corrected chi connectivity index (χ0v) is 15.6. The second-order valence-electron chi connectivity index (χ2n) is 6.47. The van der Waals surface area contributed by atoms with Gasteiger partial charge < -0.3 is 10.6 Å². The second kappa shape index (κ2) is 6.59. The maximum Gasteiger partial charge on any atom is 0.223 e. The normalized spacial score (nSPS) is 16.7. The smallest absolute Gasteiger partial charge is 0.223 e. The Hall–Kier alpha value is -1.82. The lowest BCUT2D eigenvalue weighted by Crippen LogP contribution is -2.23. The van der Waals surface area contributed by atoms with Gasteiger partial charge in [-0.3, -0.25) is 4.68 Å². The fourth-order valence-corrected chi connectivity index (χ4v) is 4.08. The molecule has 0 aliphatic carbocycles. The standard InChI is InChI=1S/C17H25ClN6/c1-5-7-11-8-24(16-14(11)15(18)20-17(19)21-16)9-12-10(3)13(6-2)23(4)22-12/h11H,5-9H2,1-4H3,(H2,19,20,21). The molecule has 1 unspecified atom stereocenters. The quantitative estimate of drug-likeness (QED) is 0.840. The molecule has 130 valence electrons. The van der Waals surface area contributed by atoms with Crippen molar-refractivity contribution >= 4 is 23.4 Å². The van der Waals surface area contributed by atoms with E-state index >= 15 is 0 Å². The average molecular weight is 349 g/mol. The highest BCUT2D eigenvalue weighted by Crippen LogP contribution is 2.42. The average Bonchev–Trinajstić information content (AvgIpc) is 2.98. The van der Waals surface area contributed by atoms with Crippen LogP contribution in [0.4, 0.5) is 11.8 Å². The Morgan fingerprint density at radius 1 is 1.29 bits per heavy atom. The molecule has 1 aliphatic rings. The Morgan fingerprint density at radius 2 is 2.04 bits per heavy atom. The van der Waals surface area contributed by atoms with Crippen LogP contribution in [-0.2, 0) is 20.0 Å². The molecule has 24 heavy (non-hydrogen) atoms. The van der Waals surface area contributed by atoms with Gasteiger partial charge in [-0.25, -0.2) is 4.98 Å². The summed E-state index contributed by atoms with van der Waals surface area (Å²) in [6.07, 6.45) is 3.14. The van der Waals surface area contributed by atoms with Crippen LogP contribution in [-0.4, -0.2) is 26.3 Å². The molecule has 2 aromatic heterocycles. The van der Waals surface area contributed by atoms with E-state index in [0.29, 0.717) is 11.1 Å². The molecule has 2 N–H and O–H groups in total. The molecular formula is C17H25ClN6. The molecule has 0 spiro atoms. The maximum absolute atomic E-state index is 6.38. The SMILES string of the molecule is CCCC1CN(Cc2nn(C)c(CC)c2C)c2nc(N)nc(Cl)c21. The van der Waals surface area contributed by atoms with Crippen molar-refractivity contribution in [1.82, 2.24) is 19.7 Å². The van der Waals surface area contributed by atoms with Gasteiger partial charge in [0.25, 0.3) is 0 Å². The number of nitrogens with two attached hydrogens (primary N) is 1. The van der Waals surface area contributed by atoms with Gasteiger partial charge in [-0.1, -0.05) is 31.9 Å². The summed E-state index contributed by atoms with van der Waals surface area (Å²) in [6.45, 7) is 8.09. The lowest BCUT2D eigenvalue weighted by molar-refractivity contribution is 0.618. The first-order chi connectivity index (χ1) is 11.5. The minimum atomic E-state index is 0.230. The van der Waals surface area contributed by atoms with E-state index in [0.717, 1.165) is 49.4 Å². The summed E-state index contributed by atoms with van der Waals surface area (Å²) in [4.78, 5) is 10.9. The van der Waals surface area contributed by atoms with Crippen LogP contribution in [0.2, 0.25) is 5.15 Å². The van der Waals surface area contributed by atoms with Crippen molar-refractivity contribution in [3.05, 3.63) is 27.7 Å². The Morgan fingerprint density at radius 3 is 2.67 bits per heavy atom. The summed E-state index contributed by atoms with van der Waals surface area (Å²) < 4.78 is 1.98. The van der Waals surface area contributed by atoms with Crippen molar-refractivity contribution in [1.29, 1.82) is 0 Å². The number of rotatable bonds is 5. The van der Waals surface area contributed by atoms with Gasteiger partial charge in [0.05, 0.1) is 12.2 Å². The van der Waals surface area contributed by atoms with Crippen LogP contribution in [0.25, 0.3) is 0 Å². The predicted molar refractivity (Wildman–Crippen MR) is 97.5 cm³/mol. The molecule has 0 saturated heterocycles. The third-order valence-corrected chi connectivity index (χ3v) is 5.17. The van der Waals surface area contributed by atoms with Crippen LogP contribution in [0.5, 0.6) is 0 Å². The van der Waals surface area contributed by atoms with Crippen LogP contribution >= 0.6 is 11.6 Å². The van der Waals surface area contributed by atoms with Crippen LogP contribution in [0, 0.1) is 6.92 Å². The first-order valence-electron chi connectivity index (χ1n) is 8.55. The number of aromatic nitrogens is 4. The van der Waals surface area contributed by atoms with Crippen molar-refractivity contribution in [3.63, 3.8) is 0 Å². The highest BCUT2D eigenvalue weighted by molar-refractivity contribution is 6.30. The van der Waals surface area contributed by atoms with E-state index < -0.39 is 0 Å². The van der Waals surface area contributed by atoms with Gasteiger partial charge in [-0.05, 0) is 25.3 Å². The number of nitrogen functional groups attached to an aromatic ring is 1. The van der Waals surface area contributed by atoms with Gasteiger partial charge in [-0.2, -0.15) is 10.1 Å². The molecule has 1 atom stereocenters. The van der Waals surface area contributed by atoms with Crippen molar-refractivity contribution in [2.45, 2.75) is 52.5 Å². The van der Waals surface area contributed by atoms with Crippen LogP contribution < -0.4 is 10.6 Å². The minimum absolute atomic E-state index is 0.230. The molecule has 7 heteroatoms. The summed E-state index contributed by atoms with van der Waals surface area (Å²) in [5.41, 5.74) is 10.5. The van der Waals surface area contributed by atoms with Crippen LogP contribution in [0.15, 0.2) is 0 Å². The van der Waals surface area contributed by atoms with Crippen molar-refractivity contribution in [3.8, 4) is 0 Å². The monoisotopic (exact) mass is 348 g/mol. The molecule has 1 aliphatic heterocycles. The van der Waals surface area contributed by atoms with E-state index in [9.17, 15) is 0 Å². The zero-order valence-electron chi connectivity index (χ0n) is 14.8. The van der Waals surface area contributed by atoms with Gasteiger partial charge in [-0.15, -0.1) is 0 Å². The Labute approximate surface area is 148 Å². The number of fused-ring (bicyclic) bond motifs is 1. The van der Waals surface area contributed by atoms with Gasteiger partial charge in [0.15, 0.2) is 0 Å². The van der Waals surface area contributed by atoms with Crippen molar-refractivity contribution in [2.75, 3.05) is 17.2 Å². The molecule has 2 aromatic rings. The molecule has 0 fully saturated rings. The number of aryl methyl sites for hydroxylation is 1. The van der Waals surface area contributed by atoms with Crippen molar-refractivity contribution < 1.29 is 0 Å². The van der Waals surface area contributed by atoms with E-state index in [1.807, 2.05) is 11.7 Å². The third-order valence-electron chi connectivity index (χ3n) is 4.88. The zero-order chi connectivity index (χ0) is 17.4. The van der Waals surface area contributed by atoms with Gasteiger partial charge >= 0.3 is 0 Å². The molecule has 0 saturated carbocycles. The lowest BCUT2D eigenvalue weighted by Gasteiger charge is -2.18. The third kappa shape index (κ3) is 2.83. The predicted octanol–water partition coefficient (Wildman–Crippen LogP) is 3.22. The second-order valence-corrected chi connectivity index (χ2v) is 6.83. The number of hydrogen-bond donors (Lipinski definition) is 1. The number of hydrogen-bond acceptors (Lipinski definition) is 5. The Bertz CT molecular complexity index is 754. The van der Waals surface area contributed by atoms with Gasteiger partial charge in [0.2, 0.25) is 5.95 Å². The first-order valence-corrected chi connectivity index (χ1v) is 8.93.